The molecule has 0 aromatic heterocycles. The molecule has 15 heavy (non-hydrogen) atoms. The molecule has 1 unspecified atom stereocenters. The van der Waals surface area contributed by atoms with Crippen molar-refractivity contribution in [2.75, 3.05) is 19.7 Å². The third-order valence-electron chi connectivity index (χ3n) is 2.63. The Balaban J connectivity index is 2.45. The van der Waals surface area contributed by atoms with Crippen LogP contribution in [0, 0.1) is 5.92 Å². The van der Waals surface area contributed by atoms with E-state index in [4.69, 9.17) is 5.11 Å². The molecule has 0 spiro atoms. The van der Waals surface area contributed by atoms with Crippen LogP contribution in [0.25, 0.3) is 0 Å². The van der Waals surface area contributed by atoms with Gasteiger partial charge in [-0.05, 0) is 25.7 Å². The van der Waals surface area contributed by atoms with E-state index in [1.54, 1.807) is 12.2 Å². The highest BCUT2D eigenvalue weighted by molar-refractivity contribution is 5.87. The van der Waals surface area contributed by atoms with Gasteiger partial charge in [-0.2, -0.15) is 0 Å². The zero-order valence-electron chi connectivity index (χ0n) is 9.22. The summed E-state index contributed by atoms with van der Waals surface area (Å²) in [4.78, 5) is 13.5. The molecule has 0 aromatic rings. The van der Waals surface area contributed by atoms with Crippen LogP contribution >= 0.6 is 0 Å². The SMILES string of the molecule is C/C=C/C=C/C(=O)N1CCCC(CO)C1. The molecule has 3 nitrogen and oxygen atoms in total. The Bertz CT molecular complexity index is 258. The number of carbonyl (C=O) groups is 1. The first-order valence-corrected chi connectivity index (χ1v) is 5.47. The molecule has 1 heterocycles. The van der Waals surface area contributed by atoms with Gasteiger partial charge in [-0.25, -0.2) is 0 Å². The number of rotatable bonds is 3. The van der Waals surface area contributed by atoms with Crippen LogP contribution in [0.4, 0.5) is 0 Å². The molecular formula is C12H19NO2. The van der Waals surface area contributed by atoms with Gasteiger partial charge < -0.3 is 10.0 Å². The Hall–Kier alpha value is -1.09. The van der Waals surface area contributed by atoms with Crippen molar-refractivity contribution < 1.29 is 9.90 Å². The summed E-state index contributed by atoms with van der Waals surface area (Å²) in [5.41, 5.74) is 0. The van der Waals surface area contributed by atoms with Crippen molar-refractivity contribution in [3.63, 3.8) is 0 Å². The van der Waals surface area contributed by atoms with E-state index in [-0.39, 0.29) is 18.4 Å². The molecule has 3 heteroatoms. The average molecular weight is 209 g/mol. The minimum Gasteiger partial charge on any atom is -0.396 e. The van der Waals surface area contributed by atoms with Crippen LogP contribution in [0.5, 0.6) is 0 Å². The van der Waals surface area contributed by atoms with E-state index < -0.39 is 0 Å². The summed E-state index contributed by atoms with van der Waals surface area (Å²) < 4.78 is 0. The van der Waals surface area contributed by atoms with Crippen LogP contribution in [0.2, 0.25) is 0 Å². The van der Waals surface area contributed by atoms with Crippen molar-refractivity contribution in [3.8, 4) is 0 Å². The number of amides is 1. The molecule has 1 aliphatic heterocycles. The number of allylic oxidation sites excluding steroid dienone is 3. The third-order valence-corrected chi connectivity index (χ3v) is 2.63. The number of hydrogen-bond donors (Lipinski definition) is 1. The molecule has 1 rings (SSSR count). The highest BCUT2D eigenvalue weighted by Crippen LogP contribution is 2.15. The Labute approximate surface area is 91.1 Å². The first-order chi connectivity index (χ1) is 7.27. The maximum atomic E-state index is 11.7. The first-order valence-electron chi connectivity index (χ1n) is 5.47. The van der Waals surface area contributed by atoms with Gasteiger partial charge in [0.2, 0.25) is 5.91 Å². The fraction of sp³-hybridized carbons (Fsp3) is 0.583. The average Bonchev–Trinajstić information content (AvgIpc) is 2.29. The highest BCUT2D eigenvalue weighted by Gasteiger charge is 2.21. The molecule has 1 amide bonds. The maximum Gasteiger partial charge on any atom is 0.246 e. The fourth-order valence-electron chi connectivity index (χ4n) is 1.77. The fourth-order valence-corrected chi connectivity index (χ4v) is 1.77. The topological polar surface area (TPSA) is 40.5 Å². The molecule has 84 valence electrons. The molecule has 1 aliphatic rings. The summed E-state index contributed by atoms with van der Waals surface area (Å²) in [5, 5.41) is 9.04. The summed E-state index contributed by atoms with van der Waals surface area (Å²) in [5.74, 6) is 0.309. The van der Waals surface area contributed by atoms with Crippen molar-refractivity contribution in [3.05, 3.63) is 24.3 Å². The predicted molar refractivity (Wildman–Crippen MR) is 60.3 cm³/mol. The minimum atomic E-state index is 0.0475. The summed E-state index contributed by atoms with van der Waals surface area (Å²) in [6, 6.07) is 0. The van der Waals surface area contributed by atoms with E-state index in [0.29, 0.717) is 6.54 Å². The largest absolute Gasteiger partial charge is 0.396 e. The number of likely N-dealkylation sites (tertiary alicyclic amines) is 1. The molecule has 1 saturated heterocycles. The van der Waals surface area contributed by atoms with E-state index in [1.807, 2.05) is 24.0 Å². The monoisotopic (exact) mass is 209 g/mol. The van der Waals surface area contributed by atoms with E-state index >= 15 is 0 Å². The summed E-state index contributed by atoms with van der Waals surface area (Å²) >= 11 is 0. The molecule has 0 bridgehead atoms. The summed E-state index contributed by atoms with van der Waals surface area (Å²) in [6.07, 6.45) is 9.08. The lowest BCUT2D eigenvalue weighted by atomic mass is 9.99. The lowest BCUT2D eigenvalue weighted by Gasteiger charge is -2.31. The molecule has 0 radical (unpaired) electrons. The van der Waals surface area contributed by atoms with Crippen LogP contribution in [0.3, 0.4) is 0 Å². The molecule has 1 N–H and O–H groups in total. The van der Waals surface area contributed by atoms with Crippen molar-refractivity contribution in [1.29, 1.82) is 0 Å². The van der Waals surface area contributed by atoms with E-state index in [1.165, 1.54) is 0 Å². The lowest BCUT2D eigenvalue weighted by molar-refractivity contribution is -0.128. The summed E-state index contributed by atoms with van der Waals surface area (Å²) in [6.45, 7) is 3.60. The highest BCUT2D eigenvalue weighted by atomic mass is 16.3. The molecule has 1 fully saturated rings. The molecule has 0 aromatic carbocycles. The standard InChI is InChI=1S/C12H19NO2/c1-2-3-4-7-12(15)13-8-5-6-11(9-13)10-14/h2-4,7,11,14H,5-6,8-10H2,1H3/b3-2+,7-4+. The van der Waals surface area contributed by atoms with Gasteiger partial charge in [-0.15, -0.1) is 0 Å². The lowest BCUT2D eigenvalue weighted by Crippen LogP contribution is -2.40. The van der Waals surface area contributed by atoms with Crippen molar-refractivity contribution in [2.45, 2.75) is 19.8 Å². The number of aliphatic hydroxyl groups is 1. The van der Waals surface area contributed by atoms with Crippen molar-refractivity contribution in [2.24, 2.45) is 5.92 Å². The predicted octanol–water partition coefficient (Wildman–Crippen LogP) is 1.35. The Morgan fingerprint density at radius 2 is 2.33 bits per heavy atom. The molecule has 0 aliphatic carbocycles. The van der Waals surface area contributed by atoms with Gasteiger partial charge in [0.1, 0.15) is 0 Å². The minimum absolute atomic E-state index is 0.0475. The second kappa shape index (κ2) is 6.40. The zero-order valence-corrected chi connectivity index (χ0v) is 9.22. The Morgan fingerprint density at radius 1 is 1.53 bits per heavy atom. The van der Waals surface area contributed by atoms with Gasteiger partial charge in [0.15, 0.2) is 0 Å². The number of carbonyl (C=O) groups excluding carboxylic acids is 1. The van der Waals surface area contributed by atoms with Gasteiger partial charge in [0, 0.05) is 25.8 Å². The van der Waals surface area contributed by atoms with Gasteiger partial charge in [-0.3, -0.25) is 4.79 Å². The first kappa shape index (κ1) is 12.0. The summed E-state index contributed by atoms with van der Waals surface area (Å²) in [7, 11) is 0. The van der Waals surface area contributed by atoms with Gasteiger partial charge in [0.05, 0.1) is 0 Å². The van der Waals surface area contributed by atoms with Gasteiger partial charge in [-0.1, -0.05) is 18.2 Å². The van der Waals surface area contributed by atoms with Crippen LogP contribution in [0.15, 0.2) is 24.3 Å². The Kier molecular flexibility index (Phi) is 5.12. The van der Waals surface area contributed by atoms with Crippen molar-refractivity contribution >= 4 is 5.91 Å². The quantitative estimate of drug-likeness (QED) is 0.563. The van der Waals surface area contributed by atoms with E-state index in [0.717, 1.165) is 19.4 Å². The second-order valence-corrected chi connectivity index (χ2v) is 3.86. The Morgan fingerprint density at radius 3 is 3.00 bits per heavy atom. The van der Waals surface area contributed by atoms with Crippen LogP contribution in [-0.2, 0) is 4.79 Å². The van der Waals surface area contributed by atoms with Gasteiger partial charge in [0.25, 0.3) is 0 Å². The molecule has 0 saturated carbocycles. The van der Waals surface area contributed by atoms with Crippen LogP contribution < -0.4 is 0 Å². The van der Waals surface area contributed by atoms with Crippen LogP contribution in [0.1, 0.15) is 19.8 Å². The second-order valence-electron chi connectivity index (χ2n) is 3.86. The van der Waals surface area contributed by atoms with E-state index in [9.17, 15) is 4.79 Å². The van der Waals surface area contributed by atoms with E-state index in [2.05, 4.69) is 0 Å². The number of hydrogen-bond acceptors (Lipinski definition) is 2. The number of aliphatic hydroxyl groups excluding tert-OH is 1. The molecular weight excluding hydrogens is 190 g/mol. The normalized spacial score (nSPS) is 22.8. The third kappa shape index (κ3) is 3.88. The maximum absolute atomic E-state index is 11.7. The number of piperidine rings is 1. The zero-order chi connectivity index (χ0) is 11.1. The smallest absolute Gasteiger partial charge is 0.246 e. The van der Waals surface area contributed by atoms with Gasteiger partial charge >= 0.3 is 0 Å². The molecule has 1 atom stereocenters. The van der Waals surface area contributed by atoms with Crippen molar-refractivity contribution in [1.82, 2.24) is 4.90 Å². The van der Waals surface area contributed by atoms with Crippen LogP contribution in [-0.4, -0.2) is 35.6 Å². The number of nitrogens with zero attached hydrogens (tertiary/aromatic N) is 1.